The van der Waals surface area contributed by atoms with Gasteiger partial charge in [-0.25, -0.2) is 4.79 Å². The maximum absolute atomic E-state index is 10.5. The fourth-order valence-corrected chi connectivity index (χ4v) is 1.19. The molecular weight excluding hydrogens is 160 g/mol. The van der Waals surface area contributed by atoms with E-state index < -0.39 is 5.97 Å². The Kier molecular flexibility index (Phi) is 1.49. The SMILES string of the molecule is O=C(O)C1=NCN2CCOC2=C1. The van der Waals surface area contributed by atoms with Crippen LogP contribution in [0.4, 0.5) is 0 Å². The lowest BCUT2D eigenvalue weighted by atomic mass is 10.3. The number of hydrogen-bond donors (Lipinski definition) is 1. The Labute approximate surface area is 69.0 Å². The van der Waals surface area contributed by atoms with Crippen molar-refractivity contribution in [1.82, 2.24) is 4.90 Å². The lowest BCUT2D eigenvalue weighted by molar-refractivity contribution is -0.129. The molecule has 1 saturated heterocycles. The van der Waals surface area contributed by atoms with Crippen molar-refractivity contribution < 1.29 is 14.6 Å². The molecule has 1 N–H and O–H groups in total. The molecule has 0 aromatic heterocycles. The van der Waals surface area contributed by atoms with E-state index in [9.17, 15) is 4.79 Å². The molecule has 0 spiro atoms. The molecule has 5 nitrogen and oxygen atoms in total. The van der Waals surface area contributed by atoms with Crippen LogP contribution in [0.1, 0.15) is 0 Å². The number of nitrogens with zero attached hydrogens (tertiary/aromatic N) is 2. The zero-order chi connectivity index (χ0) is 8.55. The minimum atomic E-state index is -1.00. The van der Waals surface area contributed by atoms with E-state index in [0.717, 1.165) is 6.54 Å². The topological polar surface area (TPSA) is 62.1 Å². The fraction of sp³-hybridized carbons (Fsp3) is 0.429. The van der Waals surface area contributed by atoms with Crippen molar-refractivity contribution in [2.24, 2.45) is 4.99 Å². The first kappa shape index (κ1) is 7.15. The van der Waals surface area contributed by atoms with E-state index in [1.54, 1.807) is 0 Å². The van der Waals surface area contributed by atoms with Gasteiger partial charge in [0.15, 0.2) is 5.88 Å². The van der Waals surface area contributed by atoms with Crippen LogP contribution in [0.5, 0.6) is 0 Å². The predicted octanol–water partition coefficient (Wildman–Crippen LogP) is -0.343. The fourth-order valence-electron chi connectivity index (χ4n) is 1.19. The summed E-state index contributed by atoms with van der Waals surface area (Å²) in [4.78, 5) is 16.2. The molecular formula is C7H8N2O3. The Bertz CT molecular complexity index is 282. The highest BCUT2D eigenvalue weighted by atomic mass is 16.5. The Hall–Kier alpha value is -1.52. The van der Waals surface area contributed by atoms with E-state index in [2.05, 4.69) is 4.99 Å². The molecule has 0 aromatic carbocycles. The average Bonchev–Trinajstić information content (AvgIpc) is 2.49. The zero-order valence-corrected chi connectivity index (χ0v) is 6.36. The summed E-state index contributed by atoms with van der Waals surface area (Å²) in [7, 11) is 0. The van der Waals surface area contributed by atoms with Crippen molar-refractivity contribution in [3.63, 3.8) is 0 Å². The van der Waals surface area contributed by atoms with Gasteiger partial charge >= 0.3 is 5.97 Å². The molecule has 0 aliphatic carbocycles. The third kappa shape index (κ3) is 1.03. The second-order valence-electron chi connectivity index (χ2n) is 2.58. The average molecular weight is 168 g/mol. The molecule has 2 rings (SSSR count). The van der Waals surface area contributed by atoms with Crippen molar-refractivity contribution in [3.05, 3.63) is 12.0 Å². The standard InChI is InChI=1S/C7H8N2O3/c10-7(11)5-3-6-9(4-8-5)1-2-12-6/h3H,1-2,4H2,(H,10,11). The highest BCUT2D eigenvalue weighted by molar-refractivity contribution is 6.40. The van der Waals surface area contributed by atoms with E-state index in [1.165, 1.54) is 6.08 Å². The number of carbonyl (C=O) groups is 1. The van der Waals surface area contributed by atoms with Gasteiger partial charge in [-0.05, 0) is 0 Å². The van der Waals surface area contributed by atoms with Crippen LogP contribution >= 0.6 is 0 Å². The lowest BCUT2D eigenvalue weighted by Crippen LogP contribution is -2.26. The molecule has 0 aromatic rings. The number of aliphatic imine (C=N–C) groups is 1. The molecule has 0 saturated carbocycles. The predicted molar refractivity (Wildman–Crippen MR) is 40.7 cm³/mol. The number of ether oxygens (including phenoxy) is 1. The van der Waals surface area contributed by atoms with Crippen molar-refractivity contribution in [1.29, 1.82) is 0 Å². The molecule has 2 heterocycles. The maximum Gasteiger partial charge on any atom is 0.354 e. The van der Waals surface area contributed by atoms with Gasteiger partial charge in [0, 0.05) is 6.08 Å². The van der Waals surface area contributed by atoms with Gasteiger partial charge in [-0.3, -0.25) is 4.99 Å². The van der Waals surface area contributed by atoms with E-state index in [1.807, 2.05) is 4.90 Å². The molecule has 12 heavy (non-hydrogen) atoms. The van der Waals surface area contributed by atoms with E-state index in [0.29, 0.717) is 19.2 Å². The minimum absolute atomic E-state index is 0.0724. The number of hydrogen-bond acceptors (Lipinski definition) is 4. The van der Waals surface area contributed by atoms with Crippen LogP contribution in [0.15, 0.2) is 17.0 Å². The Balaban J connectivity index is 2.22. The summed E-state index contributed by atoms with van der Waals surface area (Å²) in [5.41, 5.74) is 0.0724. The smallest absolute Gasteiger partial charge is 0.354 e. The Morgan fingerprint density at radius 1 is 1.75 bits per heavy atom. The lowest BCUT2D eigenvalue weighted by Gasteiger charge is -2.17. The highest BCUT2D eigenvalue weighted by Crippen LogP contribution is 2.16. The molecule has 0 atom stereocenters. The second kappa shape index (κ2) is 2.51. The van der Waals surface area contributed by atoms with Crippen LogP contribution in [0.2, 0.25) is 0 Å². The van der Waals surface area contributed by atoms with Crippen LogP contribution in [-0.2, 0) is 9.53 Å². The molecule has 64 valence electrons. The number of carboxylic acid groups (broad SMARTS) is 1. The first-order valence-electron chi connectivity index (χ1n) is 3.64. The number of aliphatic carboxylic acids is 1. The summed E-state index contributed by atoms with van der Waals surface area (Å²) in [6, 6.07) is 0. The van der Waals surface area contributed by atoms with Crippen molar-refractivity contribution in [2.75, 3.05) is 19.8 Å². The van der Waals surface area contributed by atoms with Gasteiger partial charge in [0.05, 0.1) is 6.54 Å². The Morgan fingerprint density at radius 2 is 2.58 bits per heavy atom. The van der Waals surface area contributed by atoms with Gasteiger partial charge in [-0.15, -0.1) is 0 Å². The minimum Gasteiger partial charge on any atom is -0.477 e. The third-order valence-corrected chi connectivity index (χ3v) is 1.81. The van der Waals surface area contributed by atoms with Crippen molar-refractivity contribution in [3.8, 4) is 0 Å². The number of fused-ring (bicyclic) bond motifs is 1. The first-order valence-corrected chi connectivity index (χ1v) is 3.64. The van der Waals surface area contributed by atoms with Gasteiger partial charge < -0.3 is 14.7 Å². The van der Waals surface area contributed by atoms with Gasteiger partial charge in [0.2, 0.25) is 0 Å². The van der Waals surface area contributed by atoms with Crippen LogP contribution in [0.25, 0.3) is 0 Å². The maximum atomic E-state index is 10.5. The molecule has 0 unspecified atom stereocenters. The Morgan fingerprint density at radius 3 is 3.33 bits per heavy atom. The summed E-state index contributed by atoms with van der Waals surface area (Å²) in [5.74, 6) is -0.375. The third-order valence-electron chi connectivity index (χ3n) is 1.81. The largest absolute Gasteiger partial charge is 0.477 e. The molecule has 2 aliphatic heterocycles. The molecule has 1 fully saturated rings. The van der Waals surface area contributed by atoms with Gasteiger partial charge in [-0.1, -0.05) is 0 Å². The second-order valence-corrected chi connectivity index (χ2v) is 2.58. The van der Waals surface area contributed by atoms with E-state index >= 15 is 0 Å². The van der Waals surface area contributed by atoms with Crippen LogP contribution < -0.4 is 0 Å². The quantitative estimate of drug-likeness (QED) is 0.581. The van der Waals surface area contributed by atoms with Gasteiger partial charge in [0.25, 0.3) is 0 Å². The van der Waals surface area contributed by atoms with Crippen molar-refractivity contribution >= 4 is 11.7 Å². The van der Waals surface area contributed by atoms with E-state index in [-0.39, 0.29) is 5.71 Å². The van der Waals surface area contributed by atoms with Gasteiger partial charge in [-0.2, -0.15) is 0 Å². The molecule has 0 amide bonds. The first-order chi connectivity index (χ1) is 5.77. The van der Waals surface area contributed by atoms with Crippen LogP contribution in [0, 0.1) is 0 Å². The zero-order valence-electron chi connectivity index (χ0n) is 6.36. The summed E-state index contributed by atoms with van der Waals surface area (Å²) in [5, 5.41) is 8.61. The van der Waals surface area contributed by atoms with Crippen LogP contribution in [0.3, 0.4) is 0 Å². The molecule has 0 radical (unpaired) electrons. The monoisotopic (exact) mass is 168 g/mol. The summed E-state index contributed by atoms with van der Waals surface area (Å²) in [6.45, 7) is 1.81. The van der Waals surface area contributed by atoms with E-state index in [4.69, 9.17) is 9.84 Å². The van der Waals surface area contributed by atoms with Crippen molar-refractivity contribution in [2.45, 2.75) is 0 Å². The molecule has 5 heteroatoms. The number of carboxylic acids is 1. The summed E-state index contributed by atoms with van der Waals surface area (Å²) in [6.07, 6.45) is 1.46. The highest BCUT2D eigenvalue weighted by Gasteiger charge is 2.23. The summed E-state index contributed by atoms with van der Waals surface area (Å²) < 4.78 is 5.18. The van der Waals surface area contributed by atoms with Crippen LogP contribution in [-0.4, -0.2) is 41.5 Å². The summed E-state index contributed by atoms with van der Waals surface area (Å²) >= 11 is 0. The number of rotatable bonds is 1. The van der Waals surface area contributed by atoms with Gasteiger partial charge in [0.1, 0.15) is 19.0 Å². The molecule has 2 aliphatic rings. The normalized spacial score (nSPS) is 20.8. The molecule has 0 bridgehead atoms.